The van der Waals surface area contributed by atoms with Crippen molar-refractivity contribution in [1.82, 2.24) is 0 Å². The number of fused-ring (bicyclic) bond motifs is 2. The summed E-state index contributed by atoms with van der Waals surface area (Å²) in [6, 6.07) is 8.65. The molecule has 0 bridgehead atoms. The second kappa shape index (κ2) is 5.40. The average molecular weight is 346 g/mol. The topological polar surface area (TPSA) is 38.3 Å². The molecule has 0 aliphatic carbocycles. The third-order valence-corrected chi connectivity index (χ3v) is 4.23. The summed E-state index contributed by atoms with van der Waals surface area (Å²) >= 11 is 7.13. The minimum Gasteiger partial charge on any atom is -0.406 e. The highest BCUT2D eigenvalue weighted by molar-refractivity contribution is 7.99. The normalized spacial score (nSPS) is 13.7. The lowest BCUT2D eigenvalue weighted by atomic mass is 10.2. The summed E-state index contributed by atoms with van der Waals surface area (Å²) in [4.78, 5) is 13.5. The van der Waals surface area contributed by atoms with E-state index in [-0.39, 0.29) is 5.69 Å². The van der Waals surface area contributed by atoms with Gasteiger partial charge in [-0.1, -0.05) is 23.4 Å². The standard InChI is InChI=1S/C14H7ClF3NO2S/c15-7-1-3-11-9(5-7)13(20)19-10-6-8(21-14(16,17)18)2-4-12(10)22-11/h1-6H,(H,19,20). The zero-order valence-corrected chi connectivity index (χ0v) is 12.3. The van der Waals surface area contributed by atoms with Crippen molar-refractivity contribution in [3.05, 3.63) is 47.0 Å². The summed E-state index contributed by atoms with van der Waals surface area (Å²) in [7, 11) is 0. The van der Waals surface area contributed by atoms with Crippen molar-refractivity contribution in [3.63, 3.8) is 0 Å². The van der Waals surface area contributed by atoms with Crippen molar-refractivity contribution in [1.29, 1.82) is 0 Å². The molecular formula is C14H7ClF3NO2S. The molecular weight excluding hydrogens is 339 g/mol. The maximum Gasteiger partial charge on any atom is 0.573 e. The molecule has 1 aliphatic rings. The second-order valence-corrected chi connectivity index (χ2v) is 5.92. The fourth-order valence-corrected chi connectivity index (χ4v) is 3.13. The summed E-state index contributed by atoms with van der Waals surface area (Å²) in [5.41, 5.74) is 0.621. The van der Waals surface area contributed by atoms with Crippen LogP contribution in [0.2, 0.25) is 5.02 Å². The summed E-state index contributed by atoms with van der Waals surface area (Å²) in [6.07, 6.45) is -4.79. The highest BCUT2D eigenvalue weighted by Crippen LogP contribution is 2.41. The molecule has 0 spiro atoms. The Hall–Kier alpha value is -1.86. The van der Waals surface area contributed by atoms with Crippen LogP contribution in [0.4, 0.5) is 18.9 Å². The van der Waals surface area contributed by atoms with Gasteiger partial charge in [0.15, 0.2) is 0 Å². The molecule has 1 aliphatic heterocycles. The van der Waals surface area contributed by atoms with E-state index >= 15 is 0 Å². The summed E-state index contributed by atoms with van der Waals surface area (Å²) in [5, 5.41) is 2.97. The smallest absolute Gasteiger partial charge is 0.406 e. The number of rotatable bonds is 1. The lowest BCUT2D eigenvalue weighted by Crippen LogP contribution is -2.17. The largest absolute Gasteiger partial charge is 0.573 e. The minimum absolute atomic E-state index is 0.254. The molecule has 1 heterocycles. The van der Waals surface area contributed by atoms with Gasteiger partial charge >= 0.3 is 6.36 Å². The number of amides is 1. The monoisotopic (exact) mass is 345 g/mol. The Bertz CT molecular complexity index is 764. The van der Waals surface area contributed by atoms with Crippen molar-refractivity contribution in [2.45, 2.75) is 16.2 Å². The number of anilines is 1. The molecule has 0 fully saturated rings. The molecule has 114 valence electrons. The number of carbonyl (C=O) groups excluding carboxylic acids is 1. The molecule has 0 aromatic heterocycles. The molecule has 0 radical (unpaired) electrons. The van der Waals surface area contributed by atoms with E-state index in [0.29, 0.717) is 20.4 Å². The van der Waals surface area contributed by atoms with Crippen molar-refractivity contribution in [2.24, 2.45) is 0 Å². The van der Waals surface area contributed by atoms with Gasteiger partial charge in [-0.05, 0) is 30.3 Å². The number of hydrogen-bond acceptors (Lipinski definition) is 3. The van der Waals surface area contributed by atoms with Gasteiger partial charge in [0, 0.05) is 20.9 Å². The van der Waals surface area contributed by atoms with Gasteiger partial charge < -0.3 is 10.1 Å². The molecule has 2 aromatic rings. The highest BCUT2D eigenvalue weighted by atomic mass is 35.5. The van der Waals surface area contributed by atoms with Gasteiger partial charge in [-0.2, -0.15) is 0 Å². The summed E-state index contributed by atoms with van der Waals surface area (Å²) in [5.74, 6) is -0.830. The summed E-state index contributed by atoms with van der Waals surface area (Å²) < 4.78 is 40.6. The van der Waals surface area contributed by atoms with Gasteiger partial charge in [0.25, 0.3) is 5.91 Å². The zero-order chi connectivity index (χ0) is 15.9. The first-order chi connectivity index (χ1) is 10.3. The number of hydrogen-bond donors (Lipinski definition) is 1. The van der Waals surface area contributed by atoms with E-state index < -0.39 is 18.0 Å². The Morgan fingerprint density at radius 2 is 1.82 bits per heavy atom. The average Bonchev–Trinajstić information content (AvgIpc) is 2.53. The Labute approximate surface area is 132 Å². The molecule has 2 aromatic carbocycles. The number of alkyl halides is 3. The van der Waals surface area contributed by atoms with E-state index in [1.165, 1.54) is 30.0 Å². The molecule has 1 N–H and O–H groups in total. The van der Waals surface area contributed by atoms with Crippen LogP contribution in [0.3, 0.4) is 0 Å². The predicted molar refractivity (Wildman–Crippen MR) is 76.7 cm³/mol. The van der Waals surface area contributed by atoms with Gasteiger partial charge in [-0.15, -0.1) is 13.2 Å². The quantitative estimate of drug-likeness (QED) is 0.794. The lowest BCUT2D eigenvalue weighted by Gasteiger charge is -2.11. The van der Waals surface area contributed by atoms with E-state index in [2.05, 4.69) is 10.1 Å². The molecule has 0 saturated carbocycles. The Morgan fingerprint density at radius 1 is 1.09 bits per heavy atom. The molecule has 22 heavy (non-hydrogen) atoms. The first-order valence-electron chi connectivity index (χ1n) is 6.00. The van der Waals surface area contributed by atoms with Crippen molar-refractivity contribution < 1.29 is 22.7 Å². The molecule has 8 heteroatoms. The number of nitrogens with one attached hydrogen (secondary N) is 1. The third-order valence-electron chi connectivity index (χ3n) is 2.84. The highest BCUT2D eigenvalue weighted by Gasteiger charge is 2.31. The second-order valence-electron chi connectivity index (χ2n) is 4.40. The van der Waals surface area contributed by atoms with Gasteiger partial charge in [-0.3, -0.25) is 4.79 Å². The van der Waals surface area contributed by atoms with Gasteiger partial charge in [0.05, 0.1) is 11.3 Å². The number of ether oxygens (including phenoxy) is 1. The molecule has 1 amide bonds. The fourth-order valence-electron chi connectivity index (χ4n) is 1.97. The lowest BCUT2D eigenvalue weighted by molar-refractivity contribution is -0.274. The van der Waals surface area contributed by atoms with Crippen LogP contribution >= 0.6 is 23.4 Å². The van der Waals surface area contributed by atoms with E-state index in [1.54, 1.807) is 12.1 Å². The van der Waals surface area contributed by atoms with Crippen LogP contribution in [-0.4, -0.2) is 12.3 Å². The van der Waals surface area contributed by atoms with E-state index in [9.17, 15) is 18.0 Å². The van der Waals surface area contributed by atoms with Crippen LogP contribution in [0.1, 0.15) is 10.4 Å². The fraction of sp³-hybridized carbons (Fsp3) is 0.0714. The van der Waals surface area contributed by atoms with Crippen LogP contribution in [-0.2, 0) is 0 Å². The third kappa shape index (κ3) is 3.15. The number of benzene rings is 2. The van der Waals surface area contributed by atoms with Crippen LogP contribution in [0.15, 0.2) is 46.2 Å². The molecule has 0 saturated heterocycles. The maximum atomic E-state index is 12.3. The minimum atomic E-state index is -4.79. The molecule has 0 unspecified atom stereocenters. The number of halogens is 4. The van der Waals surface area contributed by atoms with E-state index in [0.717, 1.165) is 6.07 Å². The molecule has 3 rings (SSSR count). The van der Waals surface area contributed by atoms with Crippen molar-refractivity contribution in [3.8, 4) is 5.75 Å². The summed E-state index contributed by atoms with van der Waals surface area (Å²) in [6.45, 7) is 0. The van der Waals surface area contributed by atoms with Gasteiger partial charge in [0.2, 0.25) is 0 Å². The predicted octanol–water partition coefficient (Wildman–Crippen LogP) is 4.96. The van der Waals surface area contributed by atoms with Gasteiger partial charge in [0.1, 0.15) is 5.75 Å². The number of carbonyl (C=O) groups is 1. The van der Waals surface area contributed by atoms with Gasteiger partial charge in [-0.25, -0.2) is 0 Å². The van der Waals surface area contributed by atoms with E-state index in [4.69, 9.17) is 11.6 Å². The Morgan fingerprint density at radius 3 is 2.55 bits per heavy atom. The first kappa shape index (κ1) is 15.1. The van der Waals surface area contributed by atoms with Crippen molar-refractivity contribution in [2.75, 3.05) is 5.32 Å². The van der Waals surface area contributed by atoms with Crippen molar-refractivity contribution >= 4 is 35.0 Å². The van der Waals surface area contributed by atoms with Crippen LogP contribution < -0.4 is 10.1 Å². The van der Waals surface area contributed by atoms with Crippen LogP contribution in [0.25, 0.3) is 0 Å². The molecule has 3 nitrogen and oxygen atoms in total. The Kier molecular flexibility index (Phi) is 3.70. The first-order valence-corrected chi connectivity index (χ1v) is 7.20. The SMILES string of the molecule is O=C1Nc2cc(OC(F)(F)F)ccc2Sc2ccc(Cl)cc21. The zero-order valence-electron chi connectivity index (χ0n) is 10.7. The van der Waals surface area contributed by atoms with E-state index in [1.807, 2.05) is 0 Å². The van der Waals surface area contributed by atoms with Crippen LogP contribution in [0, 0.1) is 0 Å². The molecule has 0 atom stereocenters. The maximum absolute atomic E-state index is 12.3. The Balaban J connectivity index is 1.99. The van der Waals surface area contributed by atoms with Crippen LogP contribution in [0.5, 0.6) is 5.75 Å².